The summed E-state index contributed by atoms with van der Waals surface area (Å²) in [6, 6.07) is 0. The van der Waals surface area contributed by atoms with E-state index in [0.29, 0.717) is 19.3 Å². The third-order valence-electron chi connectivity index (χ3n) is 13.9. The molecule has 0 N–H and O–H groups in total. The lowest BCUT2D eigenvalue weighted by Crippen LogP contribution is -2.30. The summed E-state index contributed by atoms with van der Waals surface area (Å²) in [4.78, 5) is 38.4. The van der Waals surface area contributed by atoms with E-state index in [1.54, 1.807) is 0 Å². The number of ether oxygens (including phenoxy) is 3. The molecule has 0 fully saturated rings. The Bertz CT molecular complexity index is 1640. The molecule has 0 saturated heterocycles. The van der Waals surface area contributed by atoms with Gasteiger partial charge in [-0.25, -0.2) is 0 Å². The second-order valence-electron chi connectivity index (χ2n) is 21.6. The van der Waals surface area contributed by atoms with Crippen LogP contribution < -0.4 is 0 Å². The van der Waals surface area contributed by atoms with Crippen LogP contribution in [0, 0.1) is 0 Å². The molecule has 6 nitrogen and oxygen atoms in total. The summed E-state index contributed by atoms with van der Waals surface area (Å²) < 4.78 is 16.9. The fourth-order valence-corrected chi connectivity index (χ4v) is 9.04. The average Bonchev–Trinajstić information content (AvgIpc) is 3.45. The molecule has 0 spiro atoms. The van der Waals surface area contributed by atoms with Crippen LogP contribution in [0.15, 0.2) is 122 Å². The van der Waals surface area contributed by atoms with E-state index in [1.165, 1.54) is 128 Å². The lowest BCUT2D eigenvalue weighted by molar-refractivity contribution is -0.167. The Morgan fingerprint density at radius 2 is 0.494 bits per heavy atom. The van der Waals surface area contributed by atoms with Crippen molar-refractivity contribution in [2.24, 2.45) is 0 Å². The zero-order chi connectivity index (χ0) is 57.1. The van der Waals surface area contributed by atoms with Gasteiger partial charge in [-0.1, -0.05) is 277 Å². The molecule has 1 unspecified atom stereocenters. The Morgan fingerprint density at radius 3 is 0.772 bits per heavy atom. The van der Waals surface area contributed by atoms with Gasteiger partial charge in [0.25, 0.3) is 0 Å². The van der Waals surface area contributed by atoms with Crippen LogP contribution in [0.5, 0.6) is 0 Å². The van der Waals surface area contributed by atoms with E-state index >= 15 is 0 Å². The highest BCUT2D eigenvalue weighted by atomic mass is 16.6. The second kappa shape index (κ2) is 66.3. The Labute approximate surface area is 488 Å². The van der Waals surface area contributed by atoms with Gasteiger partial charge in [-0.3, -0.25) is 14.4 Å². The first-order valence-corrected chi connectivity index (χ1v) is 33.0. The predicted molar refractivity (Wildman–Crippen MR) is 343 cm³/mol. The van der Waals surface area contributed by atoms with Gasteiger partial charge in [0, 0.05) is 19.3 Å². The van der Waals surface area contributed by atoms with Crippen molar-refractivity contribution < 1.29 is 28.6 Å². The van der Waals surface area contributed by atoms with Crippen LogP contribution >= 0.6 is 0 Å². The van der Waals surface area contributed by atoms with Gasteiger partial charge < -0.3 is 14.2 Å². The maximum absolute atomic E-state index is 12.9. The van der Waals surface area contributed by atoms with Crippen LogP contribution in [0.3, 0.4) is 0 Å². The van der Waals surface area contributed by atoms with E-state index in [1.807, 2.05) is 0 Å². The lowest BCUT2D eigenvalue weighted by Gasteiger charge is -2.18. The average molecular weight is 1100 g/mol. The maximum Gasteiger partial charge on any atom is 0.306 e. The van der Waals surface area contributed by atoms with Crippen molar-refractivity contribution in [2.45, 2.75) is 309 Å². The zero-order valence-electron chi connectivity index (χ0n) is 51.6. The first-order chi connectivity index (χ1) is 39.0. The minimum atomic E-state index is -0.801. The van der Waals surface area contributed by atoms with Crippen molar-refractivity contribution in [1.29, 1.82) is 0 Å². The molecule has 0 rings (SSSR count). The number of carbonyl (C=O) groups is 3. The van der Waals surface area contributed by atoms with E-state index in [2.05, 4.69) is 142 Å². The van der Waals surface area contributed by atoms with Gasteiger partial charge in [-0.15, -0.1) is 0 Å². The summed E-state index contributed by atoms with van der Waals surface area (Å²) in [5.74, 6) is -0.924. The van der Waals surface area contributed by atoms with E-state index in [9.17, 15) is 14.4 Å². The Morgan fingerprint density at radius 1 is 0.266 bits per heavy atom. The SMILES string of the molecule is CC/C=C\C/C=C\C/C=C\C/C=C\CCCCCCC(=O)OC(COC(=O)CCCCCCCCC/C=C\C/C=C\C/C=C\CC)COC(=O)CCCCCCCCCCCCCC/C=C\C/C=C\C/C=C\CCCCCCC. The number of esters is 3. The highest BCUT2D eigenvalue weighted by Gasteiger charge is 2.19. The van der Waals surface area contributed by atoms with Crippen molar-refractivity contribution in [3.63, 3.8) is 0 Å². The first kappa shape index (κ1) is 74.8. The number of hydrogen-bond acceptors (Lipinski definition) is 6. The topological polar surface area (TPSA) is 78.9 Å². The summed E-state index contributed by atoms with van der Waals surface area (Å²) in [6.07, 6.45) is 92.1. The molecular formula is C73H122O6. The van der Waals surface area contributed by atoms with E-state index in [4.69, 9.17) is 14.2 Å². The molecule has 0 aliphatic rings. The quantitative estimate of drug-likeness (QED) is 0.0261. The van der Waals surface area contributed by atoms with Crippen LogP contribution in [0.2, 0.25) is 0 Å². The highest BCUT2D eigenvalue weighted by Crippen LogP contribution is 2.16. The number of allylic oxidation sites excluding steroid dienone is 20. The van der Waals surface area contributed by atoms with Gasteiger partial charge in [0.15, 0.2) is 6.10 Å². The number of hydrogen-bond donors (Lipinski definition) is 0. The van der Waals surface area contributed by atoms with E-state index in [-0.39, 0.29) is 31.1 Å². The van der Waals surface area contributed by atoms with Crippen LogP contribution in [-0.4, -0.2) is 37.2 Å². The predicted octanol–water partition coefficient (Wildman–Crippen LogP) is 22.8. The summed E-state index contributed by atoms with van der Waals surface area (Å²) >= 11 is 0. The van der Waals surface area contributed by atoms with Crippen molar-refractivity contribution in [3.05, 3.63) is 122 Å². The number of carbonyl (C=O) groups excluding carboxylic acids is 3. The number of unbranched alkanes of at least 4 members (excludes halogenated alkanes) is 28. The molecule has 0 aromatic rings. The molecule has 0 bridgehead atoms. The third-order valence-corrected chi connectivity index (χ3v) is 13.9. The van der Waals surface area contributed by atoms with Gasteiger partial charge in [0.2, 0.25) is 0 Å². The first-order valence-electron chi connectivity index (χ1n) is 33.0. The summed E-state index contributed by atoms with van der Waals surface area (Å²) in [5.41, 5.74) is 0. The van der Waals surface area contributed by atoms with Crippen LogP contribution in [0.4, 0.5) is 0 Å². The van der Waals surface area contributed by atoms with E-state index in [0.717, 1.165) is 135 Å². The zero-order valence-corrected chi connectivity index (χ0v) is 51.6. The summed E-state index contributed by atoms with van der Waals surface area (Å²) in [5, 5.41) is 0. The summed E-state index contributed by atoms with van der Waals surface area (Å²) in [6.45, 7) is 6.39. The van der Waals surface area contributed by atoms with Crippen molar-refractivity contribution >= 4 is 17.9 Å². The second-order valence-corrected chi connectivity index (χ2v) is 21.6. The smallest absolute Gasteiger partial charge is 0.306 e. The molecule has 0 aliphatic heterocycles. The monoisotopic (exact) mass is 1090 g/mol. The third kappa shape index (κ3) is 64.5. The summed E-state index contributed by atoms with van der Waals surface area (Å²) in [7, 11) is 0. The van der Waals surface area contributed by atoms with Gasteiger partial charge in [-0.05, 0) is 128 Å². The van der Waals surface area contributed by atoms with Gasteiger partial charge in [-0.2, -0.15) is 0 Å². The minimum absolute atomic E-state index is 0.0941. The van der Waals surface area contributed by atoms with Crippen molar-refractivity contribution in [3.8, 4) is 0 Å². The largest absolute Gasteiger partial charge is 0.462 e. The van der Waals surface area contributed by atoms with Crippen molar-refractivity contribution in [1.82, 2.24) is 0 Å². The molecule has 0 aromatic carbocycles. The fraction of sp³-hybridized carbons (Fsp3) is 0.685. The van der Waals surface area contributed by atoms with Crippen molar-refractivity contribution in [2.75, 3.05) is 13.2 Å². The van der Waals surface area contributed by atoms with Gasteiger partial charge in [0.1, 0.15) is 13.2 Å². The molecule has 0 aliphatic carbocycles. The highest BCUT2D eigenvalue weighted by molar-refractivity contribution is 5.71. The molecule has 0 radical (unpaired) electrons. The lowest BCUT2D eigenvalue weighted by atomic mass is 10.0. The van der Waals surface area contributed by atoms with Gasteiger partial charge in [0.05, 0.1) is 0 Å². The normalized spacial score (nSPS) is 12.9. The minimum Gasteiger partial charge on any atom is -0.462 e. The Hall–Kier alpha value is -4.19. The maximum atomic E-state index is 12.9. The molecule has 6 heteroatoms. The molecule has 0 heterocycles. The fourth-order valence-electron chi connectivity index (χ4n) is 9.04. The molecular weight excluding hydrogens is 973 g/mol. The molecule has 1 atom stereocenters. The van der Waals surface area contributed by atoms with Gasteiger partial charge >= 0.3 is 17.9 Å². The van der Waals surface area contributed by atoms with Crippen LogP contribution in [0.25, 0.3) is 0 Å². The van der Waals surface area contributed by atoms with Crippen LogP contribution in [0.1, 0.15) is 303 Å². The molecule has 0 amide bonds. The Kier molecular flexibility index (Phi) is 62.8. The molecule has 0 aromatic heterocycles. The Balaban J connectivity index is 4.37. The van der Waals surface area contributed by atoms with E-state index < -0.39 is 6.10 Å². The number of rotatable bonds is 59. The molecule has 79 heavy (non-hydrogen) atoms. The van der Waals surface area contributed by atoms with Crippen LogP contribution in [-0.2, 0) is 28.6 Å². The molecule has 450 valence electrons. The molecule has 0 saturated carbocycles. The standard InChI is InChI=1S/C73H122O6/c1-4-7-10-13-16-19-22-25-28-31-32-33-34-35-36-37-38-39-40-43-45-48-51-54-57-60-63-66-72(75)78-69-70(79-73(76)67-64-61-58-55-52-49-46-42-30-27-24-21-18-15-12-9-6-3)68-77-71(74)65-62-59-56-53-50-47-44-41-29-26-23-20-17-14-11-8-5-2/h8-9,11-12,17-18,20-22,25-27,29-32,34-35,46,49,70H,4-7,10,13-16,19,23-24,28,33,36-45,47-48,50-69H2,1-3H3/b11-8-,12-9-,20-17-,21-18-,25-22-,29-26-,30-27-,32-31-,35-34-,49-46-.